The van der Waals surface area contributed by atoms with Crippen molar-refractivity contribution in [1.82, 2.24) is 4.90 Å². The first kappa shape index (κ1) is 20.3. The van der Waals surface area contributed by atoms with Gasteiger partial charge >= 0.3 is 6.03 Å². The second-order valence-corrected chi connectivity index (χ2v) is 8.99. The summed E-state index contributed by atoms with van der Waals surface area (Å²) in [5.41, 5.74) is 2.77. The van der Waals surface area contributed by atoms with E-state index in [1.165, 1.54) is 25.7 Å². The monoisotopic (exact) mass is 421 g/mol. The van der Waals surface area contributed by atoms with Crippen molar-refractivity contribution >= 4 is 17.4 Å². The number of methoxy groups -OCH3 is 1. The maximum atomic E-state index is 13.4. The molecule has 31 heavy (non-hydrogen) atoms. The summed E-state index contributed by atoms with van der Waals surface area (Å²) >= 11 is 0. The highest BCUT2D eigenvalue weighted by atomic mass is 16.5. The number of amides is 2. The van der Waals surface area contributed by atoms with Crippen LogP contribution in [0.1, 0.15) is 37.2 Å². The Morgan fingerprint density at radius 2 is 1.87 bits per heavy atom. The Hall–Kier alpha value is -2.57. The van der Waals surface area contributed by atoms with Crippen LogP contribution in [-0.2, 0) is 0 Å². The quantitative estimate of drug-likeness (QED) is 0.764. The van der Waals surface area contributed by atoms with E-state index in [0.29, 0.717) is 23.9 Å². The molecule has 2 aromatic rings. The number of rotatable bonds is 5. The summed E-state index contributed by atoms with van der Waals surface area (Å²) in [4.78, 5) is 17.7. The van der Waals surface area contributed by atoms with Gasteiger partial charge < -0.3 is 15.2 Å². The number of para-hydroxylation sites is 3. The van der Waals surface area contributed by atoms with Crippen LogP contribution in [0, 0.1) is 5.92 Å². The average molecular weight is 422 g/mol. The van der Waals surface area contributed by atoms with E-state index in [4.69, 9.17) is 4.74 Å². The van der Waals surface area contributed by atoms with E-state index < -0.39 is 0 Å². The van der Waals surface area contributed by atoms with Crippen molar-refractivity contribution in [2.24, 2.45) is 5.92 Å². The molecule has 6 heteroatoms. The molecule has 2 amide bonds. The Balaban J connectivity index is 1.42. The molecule has 3 aliphatic rings. The first-order chi connectivity index (χ1) is 15.2. The number of urea groups is 1. The summed E-state index contributed by atoms with van der Waals surface area (Å²) in [5.74, 6) is 1.63. The number of hydrogen-bond donors (Lipinski definition) is 2. The third-order valence-electron chi connectivity index (χ3n) is 7.36. The molecule has 0 unspecified atom stereocenters. The second-order valence-electron chi connectivity index (χ2n) is 8.99. The highest BCUT2D eigenvalue weighted by molar-refractivity contribution is 6.03. The van der Waals surface area contributed by atoms with E-state index in [9.17, 15) is 9.90 Å². The zero-order valence-electron chi connectivity index (χ0n) is 18.0. The van der Waals surface area contributed by atoms with Crippen LogP contribution in [0.3, 0.4) is 0 Å². The largest absolute Gasteiger partial charge is 0.495 e. The summed E-state index contributed by atoms with van der Waals surface area (Å²) in [6.45, 7) is 1.82. The molecule has 0 radical (unpaired) electrons. The van der Waals surface area contributed by atoms with E-state index in [1.807, 2.05) is 47.4 Å². The number of hydrogen-bond acceptors (Lipinski definition) is 4. The lowest BCUT2D eigenvalue weighted by Gasteiger charge is -2.59. The van der Waals surface area contributed by atoms with Crippen LogP contribution >= 0.6 is 0 Å². The minimum atomic E-state index is -0.149. The van der Waals surface area contributed by atoms with Gasteiger partial charge in [-0.15, -0.1) is 0 Å². The molecule has 164 valence electrons. The molecule has 5 rings (SSSR count). The van der Waals surface area contributed by atoms with Crippen molar-refractivity contribution in [3.8, 4) is 5.75 Å². The van der Waals surface area contributed by atoms with Gasteiger partial charge in [-0.3, -0.25) is 9.80 Å². The molecule has 1 saturated heterocycles. The number of aliphatic hydroxyl groups excluding tert-OH is 1. The maximum absolute atomic E-state index is 13.4. The fourth-order valence-corrected chi connectivity index (χ4v) is 5.85. The molecule has 2 heterocycles. The lowest BCUT2D eigenvalue weighted by molar-refractivity contribution is -0.0509. The van der Waals surface area contributed by atoms with Gasteiger partial charge in [0, 0.05) is 36.8 Å². The standard InChI is InChI=1S/C25H31N3O3/c1-31-23-13-7-5-11-19(23)26-25(30)28-15-21-24(18-10-4-6-12-20(18)28)22(16-29)27(21)14-17-8-2-3-9-17/h4-7,10-13,17,21-22,24,29H,2-3,8-9,14-16H2,1H3,(H,26,30)/t21-,22+,24+/m0/s1. The highest BCUT2D eigenvalue weighted by Gasteiger charge is 2.53. The molecule has 0 bridgehead atoms. The van der Waals surface area contributed by atoms with Crippen molar-refractivity contribution in [3.05, 3.63) is 54.1 Å². The molecular formula is C25H31N3O3. The minimum absolute atomic E-state index is 0.145. The van der Waals surface area contributed by atoms with Gasteiger partial charge in [0.15, 0.2) is 0 Å². The van der Waals surface area contributed by atoms with Crippen LogP contribution in [0.2, 0.25) is 0 Å². The number of benzene rings is 2. The first-order valence-corrected chi connectivity index (χ1v) is 11.4. The number of likely N-dealkylation sites (tertiary alicyclic amines) is 1. The number of carbonyl (C=O) groups is 1. The smallest absolute Gasteiger partial charge is 0.326 e. The Labute approximate surface area is 183 Å². The summed E-state index contributed by atoms with van der Waals surface area (Å²) in [6, 6.07) is 15.9. The molecule has 1 aliphatic carbocycles. The van der Waals surface area contributed by atoms with Crippen LogP contribution in [-0.4, -0.2) is 54.9 Å². The molecule has 2 aromatic carbocycles. The van der Waals surface area contributed by atoms with Gasteiger partial charge in [-0.05, 0) is 42.5 Å². The Morgan fingerprint density at radius 1 is 1.13 bits per heavy atom. The minimum Gasteiger partial charge on any atom is -0.495 e. The van der Waals surface area contributed by atoms with Crippen LogP contribution in [0.15, 0.2) is 48.5 Å². The third-order valence-corrected chi connectivity index (χ3v) is 7.36. The average Bonchev–Trinajstić information content (AvgIpc) is 3.31. The SMILES string of the molecule is COc1ccccc1NC(=O)N1C[C@H]2[C@@H](c3ccccc31)[C@@H](CO)N2CC1CCCC1. The number of anilines is 2. The van der Waals surface area contributed by atoms with Crippen LogP contribution in [0.5, 0.6) is 5.75 Å². The normalized spacial score (nSPS) is 25.5. The second kappa shape index (κ2) is 8.52. The van der Waals surface area contributed by atoms with Gasteiger partial charge in [0.05, 0.1) is 19.4 Å². The van der Waals surface area contributed by atoms with Gasteiger partial charge in [-0.2, -0.15) is 0 Å². The number of ether oxygens (including phenoxy) is 1. The van der Waals surface area contributed by atoms with Crippen LogP contribution in [0.25, 0.3) is 0 Å². The molecule has 2 fully saturated rings. The van der Waals surface area contributed by atoms with E-state index in [2.05, 4.69) is 16.3 Å². The van der Waals surface area contributed by atoms with E-state index in [-0.39, 0.29) is 30.6 Å². The Bertz CT molecular complexity index is 943. The number of nitrogens with one attached hydrogen (secondary N) is 1. The number of nitrogens with zero attached hydrogens (tertiary/aromatic N) is 2. The number of aliphatic hydroxyl groups is 1. The summed E-state index contributed by atoms with van der Waals surface area (Å²) in [6.07, 6.45) is 5.18. The van der Waals surface area contributed by atoms with E-state index in [0.717, 1.165) is 17.8 Å². The van der Waals surface area contributed by atoms with Gasteiger partial charge in [-0.25, -0.2) is 4.79 Å². The first-order valence-electron chi connectivity index (χ1n) is 11.4. The lowest BCUT2D eigenvalue weighted by atomic mass is 9.71. The molecule has 2 N–H and O–H groups in total. The van der Waals surface area contributed by atoms with Crippen LogP contribution in [0.4, 0.5) is 16.2 Å². The van der Waals surface area contributed by atoms with Gasteiger partial charge in [0.1, 0.15) is 5.75 Å². The summed E-state index contributed by atoms with van der Waals surface area (Å²) in [5, 5.41) is 13.2. The maximum Gasteiger partial charge on any atom is 0.326 e. The summed E-state index contributed by atoms with van der Waals surface area (Å²) < 4.78 is 5.40. The Morgan fingerprint density at radius 3 is 2.65 bits per heavy atom. The predicted molar refractivity (Wildman–Crippen MR) is 122 cm³/mol. The molecule has 2 aliphatic heterocycles. The van der Waals surface area contributed by atoms with Crippen molar-refractivity contribution in [2.45, 2.75) is 43.7 Å². The fourth-order valence-electron chi connectivity index (χ4n) is 5.85. The van der Waals surface area contributed by atoms with Gasteiger partial charge in [-0.1, -0.05) is 43.2 Å². The van der Waals surface area contributed by atoms with Gasteiger partial charge in [0.25, 0.3) is 0 Å². The number of carbonyl (C=O) groups excluding carboxylic acids is 1. The predicted octanol–water partition coefficient (Wildman–Crippen LogP) is 4.07. The van der Waals surface area contributed by atoms with E-state index in [1.54, 1.807) is 7.11 Å². The summed E-state index contributed by atoms with van der Waals surface area (Å²) in [7, 11) is 1.61. The molecule has 0 spiro atoms. The fraction of sp³-hybridized carbons (Fsp3) is 0.480. The zero-order chi connectivity index (χ0) is 21.4. The third kappa shape index (κ3) is 3.58. The highest BCUT2D eigenvalue weighted by Crippen LogP contribution is 2.49. The molecule has 6 nitrogen and oxygen atoms in total. The van der Waals surface area contributed by atoms with Crippen molar-refractivity contribution in [2.75, 3.05) is 37.0 Å². The lowest BCUT2D eigenvalue weighted by Crippen LogP contribution is -2.70. The number of fused-ring (bicyclic) bond motifs is 3. The van der Waals surface area contributed by atoms with Crippen molar-refractivity contribution in [1.29, 1.82) is 0 Å². The molecule has 1 saturated carbocycles. The van der Waals surface area contributed by atoms with Gasteiger partial charge in [0.2, 0.25) is 0 Å². The van der Waals surface area contributed by atoms with Crippen LogP contribution < -0.4 is 15.0 Å². The molecule has 0 aromatic heterocycles. The van der Waals surface area contributed by atoms with Crippen molar-refractivity contribution in [3.63, 3.8) is 0 Å². The molecule has 3 atom stereocenters. The topological polar surface area (TPSA) is 65.0 Å². The molecular weight excluding hydrogens is 390 g/mol. The zero-order valence-corrected chi connectivity index (χ0v) is 18.0. The van der Waals surface area contributed by atoms with E-state index >= 15 is 0 Å². The Kier molecular flexibility index (Phi) is 5.59. The van der Waals surface area contributed by atoms with Crippen molar-refractivity contribution < 1.29 is 14.6 Å².